The minimum atomic E-state index is -4.88. The van der Waals surface area contributed by atoms with E-state index in [1.54, 1.807) is 36.5 Å². The van der Waals surface area contributed by atoms with Crippen molar-refractivity contribution in [3.05, 3.63) is 42.6 Å². The summed E-state index contributed by atoms with van der Waals surface area (Å²) in [6.07, 6.45) is 1.06. The molecule has 318 valence electrons. The molecule has 1 aromatic heterocycles. The molecule has 1 aromatic carbocycles. The van der Waals surface area contributed by atoms with Crippen molar-refractivity contribution in [2.45, 2.75) is 120 Å². The summed E-state index contributed by atoms with van der Waals surface area (Å²) in [6.45, 7) is 5.06. The lowest BCUT2D eigenvalue weighted by molar-refractivity contribution is -0.244. The molecule has 2 aliphatic heterocycles. The van der Waals surface area contributed by atoms with Gasteiger partial charge in [0, 0.05) is 23.9 Å². The molecule has 15 nitrogen and oxygen atoms in total. The van der Waals surface area contributed by atoms with Crippen LogP contribution in [0.25, 0.3) is 10.8 Å². The third-order valence-electron chi connectivity index (χ3n) is 11.5. The molecule has 2 aromatic rings. The smallest absolute Gasteiger partial charge is 0.427 e. The molecule has 0 spiro atoms. The van der Waals surface area contributed by atoms with Crippen LogP contribution in [0, 0.1) is 17.8 Å². The van der Waals surface area contributed by atoms with E-state index in [1.165, 1.54) is 12.0 Å². The standard InChI is InChI=1S/C39H51F3N6O9S/c1-6-23-17-22(2)9-7-8-10-25-20-38(25,35(51)47-58(53,54)28-12-13-28)44-32(49)30-19-27(56-33-29-14-11-26(55-5)18-24(29)15-16-43-33)21-48(30)34(50)31(23)45-46-36(52)57-37(3,4)39(40,41)42/h8,10-11,14-16,18,22-23,25,27-28,30-31,45H,6-7,9,12-13,17,19-21H2,1-5H3,(H,44,49)(H,46,52)(H,47,51)/b10-8-/t22-,23-,25-,27-,30+,31+,38-/m1/s1. The maximum absolute atomic E-state index is 14.9. The molecule has 0 bridgehead atoms. The van der Waals surface area contributed by atoms with Crippen molar-refractivity contribution in [3.63, 3.8) is 0 Å². The summed E-state index contributed by atoms with van der Waals surface area (Å²) in [7, 11) is -2.43. The Morgan fingerprint density at radius 3 is 2.52 bits per heavy atom. The van der Waals surface area contributed by atoms with Crippen LogP contribution >= 0.6 is 0 Å². The van der Waals surface area contributed by atoms with Crippen molar-refractivity contribution in [2.24, 2.45) is 17.8 Å². The number of halogens is 3. The summed E-state index contributed by atoms with van der Waals surface area (Å²) >= 11 is 0. The lowest BCUT2D eigenvalue weighted by Crippen LogP contribution is -2.61. The molecule has 1 saturated heterocycles. The minimum Gasteiger partial charge on any atom is -0.497 e. The first-order valence-corrected chi connectivity index (χ1v) is 21.1. The van der Waals surface area contributed by atoms with Gasteiger partial charge in [0.1, 0.15) is 29.5 Å². The zero-order valence-corrected chi connectivity index (χ0v) is 33.9. The Morgan fingerprint density at radius 2 is 1.84 bits per heavy atom. The predicted octanol–water partition coefficient (Wildman–Crippen LogP) is 4.42. The van der Waals surface area contributed by atoms with Crippen molar-refractivity contribution < 1.29 is 55.0 Å². The van der Waals surface area contributed by atoms with Gasteiger partial charge in [0.25, 0.3) is 5.91 Å². The summed E-state index contributed by atoms with van der Waals surface area (Å²) in [5.74, 6) is -2.42. The number of amides is 4. The van der Waals surface area contributed by atoms with Gasteiger partial charge in [-0.1, -0.05) is 32.4 Å². The second-order valence-corrected chi connectivity index (χ2v) is 18.3. The lowest BCUT2D eigenvalue weighted by atomic mass is 9.85. The quantitative estimate of drug-likeness (QED) is 0.196. The number of nitrogens with one attached hydrogen (secondary N) is 4. The Hall–Kier alpha value is -4.65. The number of alkyl halides is 3. The minimum absolute atomic E-state index is 0.0187. The molecular weight excluding hydrogens is 786 g/mol. The molecule has 0 unspecified atom stereocenters. The van der Waals surface area contributed by atoms with Crippen molar-refractivity contribution in [1.29, 1.82) is 0 Å². The number of benzene rings is 1. The summed E-state index contributed by atoms with van der Waals surface area (Å²) in [5, 5.41) is 3.51. The summed E-state index contributed by atoms with van der Waals surface area (Å²) in [6, 6.07) is 4.55. The Bertz CT molecular complexity index is 2050. The van der Waals surface area contributed by atoms with Crippen LogP contribution < -0.4 is 30.4 Å². The fraction of sp³-hybridized carbons (Fsp3) is 0.615. The highest BCUT2D eigenvalue weighted by Gasteiger charge is 2.62. The molecule has 58 heavy (non-hydrogen) atoms. The molecule has 4 N–H and O–H groups in total. The Labute approximate surface area is 335 Å². The molecule has 0 radical (unpaired) electrons. The first kappa shape index (κ1) is 42.9. The second kappa shape index (κ2) is 16.5. The van der Waals surface area contributed by atoms with Gasteiger partial charge in [0.15, 0.2) is 0 Å². The van der Waals surface area contributed by atoms with Crippen molar-refractivity contribution >= 4 is 44.6 Å². The van der Waals surface area contributed by atoms with Crippen LogP contribution in [0.15, 0.2) is 42.6 Å². The number of nitrogens with zero attached hydrogens (tertiary/aromatic N) is 2. The van der Waals surface area contributed by atoms with Gasteiger partial charge in [-0.3, -0.25) is 24.5 Å². The Balaban J connectivity index is 1.34. The van der Waals surface area contributed by atoms with E-state index < -0.39 is 86.4 Å². The van der Waals surface area contributed by atoms with E-state index >= 15 is 0 Å². The molecule has 2 aliphatic carbocycles. The second-order valence-electron chi connectivity index (χ2n) is 16.3. The number of hydrazine groups is 1. The predicted molar refractivity (Wildman–Crippen MR) is 205 cm³/mol. The Morgan fingerprint density at radius 1 is 1.10 bits per heavy atom. The molecule has 3 fully saturated rings. The van der Waals surface area contributed by atoms with Gasteiger partial charge in [-0.15, -0.1) is 0 Å². The van der Waals surface area contributed by atoms with Crippen LogP contribution in [0.2, 0.25) is 0 Å². The van der Waals surface area contributed by atoms with Gasteiger partial charge < -0.3 is 24.4 Å². The van der Waals surface area contributed by atoms with Gasteiger partial charge >= 0.3 is 12.3 Å². The number of hydrogen-bond donors (Lipinski definition) is 4. The van der Waals surface area contributed by atoms with Crippen LogP contribution in [0.3, 0.4) is 0 Å². The molecule has 7 atom stereocenters. The number of aromatic nitrogens is 1. The number of pyridine rings is 1. The third kappa shape index (κ3) is 9.29. The van der Waals surface area contributed by atoms with E-state index in [0.29, 0.717) is 63.5 Å². The monoisotopic (exact) mass is 836 g/mol. The van der Waals surface area contributed by atoms with E-state index in [4.69, 9.17) is 14.2 Å². The number of carbonyl (C=O) groups is 4. The molecule has 4 aliphatic rings. The SMILES string of the molecule is CC[C@@H]1C[C@H](C)CC/C=C\[C@@H]2C[C@@]2(C(=O)NS(=O)(=O)C2CC2)NC(=O)[C@@H]2C[C@@H](Oc3nccc4cc(OC)ccc34)CN2C(=O)[C@H]1NNC(=O)OC(C)(C)C(F)(F)F. The number of methoxy groups -OCH3 is 1. The van der Waals surface area contributed by atoms with E-state index in [9.17, 15) is 40.8 Å². The number of carbonyl (C=O) groups excluding carboxylic acids is 4. The number of hydrogen-bond acceptors (Lipinski definition) is 11. The van der Waals surface area contributed by atoms with E-state index in [2.05, 4.69) is 25.9 Å². The van der Waals surface area contributed by atoms with Crippen LogP contribution in [0.1, 0.15) is 79.1 Å². The molecule has 4 amide bonds. The van der Waals surface area contributed by atoms with Crippen molar-refractivity contribution in [1.82, 2.24) is 30.8 Å². The van der Waals surface area contributed by atoms with Gasteiger partial charge in [-0.2, -0.15) is 13.2 Å². The highest BCUT2D eigenvalue weighted by molar-refractivity contribution is 7.91. The van der Waals surface area contributed by atoms with Crippen molar-refractivity contribution in [3.8, 4) is 11.6 Å². The Kier molecular flexibility index (Phi) is 12.2. The number of ether oxygens (including phenoxy) is 3. The molecule has 19 heteroatoms. The van der Waals surface area contributed by atoms with Crippen LogP contribution in [-0.4, -0.2) is 96.5 Å². The van der Waals surface area contributed by atoms with Crippen molar-refractivity contribution in [2.75, 3.05) is 13.7 Å². The maximum atomic E-state index is 14.9. The maximum Gasteiger partial charge on any atom is 0.427 e. The summed E-state index contributed by atoms with van der Waals surface area (Å²) < 4.78 is 85.1. The topological polar surface area (TPSA) is 194 Å². The van der Waals surface area contributed by atoms with Gasteiger partial charge in [-0.25, -0.2) is 23.6 Å². The van der Waals surface area contributed by atoms with Gasteiger partial charge in [0.05, 0.1) is 18.9 Å². The molecule has 6 rings (SSSR count). The van der Waals surface area contributed by atoms with E-state index in [-0.39, 0.29) is 31.2 Å². The van der Waals surface area contributed by atoms with Gasteiger partial charge in [-0.05, 0) is 93.9 Å². The molecular formula is C39H51F3N6O9S. The highest BCUT2D eigenvalue weighted by Crippen LogP contribution is 2.46. The fourth-order valence-electron chi connectivity index (χ4n) is 7.67. The average molecular weight is 837 g/mol. The molecule has 2 saturated carbocycles. The zero-order valence-electron chi connectivity index (χ0n) is 33.1. The first-order chi connectivity index (χ1) is 27.3. The third-order valence-corrected chi connectivity index (χ3v) is 13.4. The lowest BCUT2D eigenvalue weighted by Gasteiger charge is -2.34. The van der Waals surface area contributed by atoms with Crippen LogP contribution in [0.4, 0.5) is 18.0 Å². The average Bonchev–Trinajstić information content (AvgIpc) is 4.08. The number of allylic oxidation sites excluding steroid dienone is 1. The first-order valence-electron chi connectivity index (χ1n) is 19.5. The largest absolute Gasteiger partial charge is 0.497 e. The molecule has 3 heterocycles. The number of rotatable bonds is 10. The highest BCUT2D eigenvalue weighted by atomic mass is 32.2. The van der Waals surface area contributed by atoms with E-state index in [1.807, 2.05) is 19.9 Å². The van der Waals surface area contributed by atoms with E-state index in [0.717, 1.165) is 5.39 Å². The fourth-order valence-corrected chi connectivity index (χ4v) is 9.04. The number of fused-ring (bicyclic) bond motifs is 3. The van der Waals surface area contributed by atoms with Gasteiger partial charge in [0.2, 0.25) is 33.3 Å². The zero-order chi connectivity index (χ0) is 42.2. The number of sulfonamides is 1. The summed E-state index contributed by atoms with van der Waals surface area (Å²) in [5.41, 5.74) is 0.340. The van der Waals surface area contributed by atoms with Crippen LogP contribution in [0.5, 0.6) is 11.6 Å². The normalized spacial score (nSPS) is 28.9. The van der Waals surface area contributed by atoms with Crippen LogP contribution in [-0.2, 0) is 29.1 Å². The summed E-state index contributed by atoms with van der Waals surface area (Å²) in [4.78, 5) is 61.6.